The first kappa shape index (κ1) is 15.9. The molecule has 0 radical (unpaired) electrons. The lowest BCUT2D eigenvalue weighted by Gasteiger charge is -2.13. The lowest BCUT2D eigenvalue weighted by Crippen LogP contribution is -2.19. The molecule has 1 aliphatic rings. The van der Waals surface area contributed by atoms with Gasteiger partial charge in [-0.3, -0.25) is 0 Å². The number of hydrogen-bond acceptors (Lipinski definition) is 5. The Morgan fingerprint density at radius 1 is 1.17 bits per heavy atom. The maximum atomic E-state index is 12.8. The SMILES string of the molecule is CC(Nc1nc(Cl)nc(-c2cccc(C(F)(F)F)n2)n1)C1CC1. The number of hydrogen-bond donors (Lipinski definition) is 1. The van der Waals surface area contributed by atoms with E-state index in [2.05, 4.69) is 25.3 Å². The summed E-state index contributed by atoms with van der Waals surface area (Å²) in [4.78, 5) is 15.5. The molecule has 9 heteroatoms. The second kappa shape index (κ2) is 5.92. The van der Waals surface area contributed by atoms with E-state index >= 15 is 0 Å². The molecule has 1 N–H and O–H groups in total. The molecule has 3 rings (SSSR count). The third-order valence-corrected chi connectivity index (χ3v) is 3.73. The molecule has 0 aliphatic heterocycles. The van der Waals surface area contributed by atoms with Crippen molar-refractivity contribution < 1.29 is 13.2 Å². The topological polar surface area (TPSA) is 63.6 Å². The van der Waals surface area contributed by atoms with E-state index in [0.717, 1.165) is 18.9 Å². The molecule has 0 saturated heterocycles. The summed E-state index contributed by atoms with van der Waals surface area (Å²) in [5.74, 6) is 0.792. The summed E-state index contributed by atoms with van der Waals surface area (Å²) in [5.41, 5.74) is -1.02. The Morgan fingerprint density at radius 3 is 2.57 bits per heavy atom. The van der Waals surface area contributed by atoms with Gasteiger partial charge in [0, 0.05) is 6.04 Å². The van der Waals surface area contributed by atoms with Gasteiger partial charge in [0.1, 0.15) is 11.4 Å². The van der Waals surface area contributed by atoms with Gasteiger partial charge in [-0.15, -0.1) is 0 Å². The van der Waals surface area contributed by atoms with Gasteiger partial charge >= 0.3 is 6.18 Å². The van der Waals surface area contributed by atoms with E-state index in [9.17, 15) is 13.2 Å². The summed E-state index contributed by atoms with van der Waals surface area (Å²) >= 11 is 5.86. The lowest BCUT2D eigenvalue weighted by molar-refractivity contribution is -0.141. The second-order valence-electron chi connectivity index (χ2n) is 5.43. The largest absolute Gasteiger partial charge is 0.433 e. The van der Waals surface area contributed by atoms with E-state index in [1.54, 1.807) is 0 Å². The van der Waals surface area contributed by atoms with Crippen molar-refractivity contribution in [1.29, 1.82) is 0 Å². The molecule has 122 valence electrons. The van der Waals surface area contributed by atoms with Crippen molar-refractivity contribution in [2.75, 3.05) is 5.32 Å². The van der Waals surface area contributed by atoms with Crippen LogP contribution in [0.25, 0.3) is 11.5 Å². The van der Waals surface area contributed by atoms with Gasteiger partial charge in [0.25, 0.3) is 0 Å². The number of alkyl halides is 3. The van der Waals surface area contributed by atoms with Crippen LogP contribution in [0.15, 0.2) is 18.2 Å². The summed E-state index contributed by atoms with van der Waals surface area (Å²) < 4.78 is 38.3. The van der Waals surface area contributed by atoms with Gasteiger partial charge in [0.15, 0.2) is 5.82 Å². The number of aromatic nitrogens is 4. The van der Waals surface area contributed by atoms with Crippen LogP contribution >= 0.6 is 11.6 Å². The zero-order valence-corrected chi connectivity index (χ0v) is 12.9. The first-order valence-corrected chi connectivity index (χ1v) is 7.43. The van der Waals surface area contributed by atoms with Gasteiger partial charge in [-0.1, -0.05) is 6.07 Å². The van der Waals surface area contributed by atoms with E-state index in [1.165, 1.54) is 12.1 Å². The number of anilines is 1. The maximum Gasteiger partial charge on any atom is 0.433 e. The highest BCUT2D eigenvalue weighted by Gasteiger charge is 2.33. The van der Waals surface area contributed by atoms with Gasteiger partial charge in [-0.05, 0) is 49.4 Å². The molecule has 0 aromatic carbocycles. The van der Waals surface area contributed by atoms with Gasteiger partial charge < -0.3 is 5.32 Å². The third-order valence-electron chi connectivity index (χ3n) is 3.56. The Morgan fingerprint density at radius 2 is 1.91 bits per heavy atom. The minimum atomic E-state index is -4.53. The highest BCUT2D eigenvalue weighted by atomic mass is 35.5. The summed E-state index contributed by atoms with van der Waals surface area (Å²) in [5, 5.41) is 3.01. The Balaban J connectivity index is 1.91. The molecule has 1 unspecified atom stereocenters. The van der Waals surface area contributed by atoms with Gasteiger partial charge in [0.05, 0.1) is 0 Å². The summed E-state index contributed by atoms with van der Waals surface area (Å²) in [6, 6.07) is 3.70. The van der Waals surface area contributed by atoms with Crippen molar-refractivity contribution in [3.63, 3.8) is 0 Å². The van der Waals surface area contributed by atoms with E-state index in [-0.39, 0.29) is 28.8 Å². The first-order chi connectivity index (χ1) is 10.8. The van der Waals surface area contributed by atoms with Crippen LogP contribution in [0.3, 0.4) is 0 Å². The fourth-order valence-corrected chi connectivity index (χ4v) is 2.32. The van der Waals surface area contributed by atoms with Crippen molar-refractivity contribution in [1.82, 2.24) is 19.9 Å². The highest BCUT2D eigenvalue weighted by Crippen LogP contribution is 2.34. The lowest BCUT2D eigenvalue weighted by atomic mass is 10.2. The average Bonchev–Trinajstić information content (AvgIpc) is 3.30. The molecule has 1 fully saturated rings. The molecule has 1 aliphatic carbocycles. The number of nitrogens with zero attached hydrogens (tertiary/aromatic N) is 4. The van der Waals surface area contributed by atoms with Crippen LogP contribution in [0.2, 0.25) is 5.28 Å². The summed E-state index contributed by atoms with van der Waals surface area (Å²) in [7, 11) is 0. The number of pyridine rings is 1. The second-order valence-corrected chi connectivity index (χ2v) is 5.77. The van der Waals surface area contributed by atoms with Crippen LogP contribution in [0, 0.1) is 5.92 Å². The number of rotatable bonds is 4. The normalized spacial score (nSPS) is 16.2. The molecule has 2 heterocycles. The predicted octanol–water partition coefficient (Wildman–Crippen LogP) is 3.82. The van der Waals surface area contributed by atoms with Crippen molar-refractivity contribution in [2.45, 2.75) is 32.0 Å². The molecular weight excluding hydrogens is 331 g/mol. The van der Waals surface area contributed by atoms with E-state index in [0.29, 0.717) is 5.92 Å². The van der Waals surface area contributed by atoms with Crippen LogP contribution < -0.4 is 5.32 Å². The zero-order valence-electron chi connectivity index (χ0n) is 12.1. The first-order valence-electron chi connectivity index (χ1n) is 7.05. The molecule has 1 atom stereocenters. The van der Waals surface area contributed by atoms with Crippen molar-refractivity contribution in [2.24, 2.45) is 5.92 Å². The van der Waals surface area contributed by atoms with E-state index < -0.39 is 11.9 Å². The summed E-state index contributed by atoms with van der Waals surface area (Å²) in [6.45, 7) is 2.00. The fourth-order valence-electron chi connectivity index (χ4n) is 2.16. The van der Waals surface area contributed by atoms with Crippen molar-refractivity contribution in [3.05, 3.63) is 29.2 Å². The molecule has 2 aromatic heterocycles. The Labute approximate surface area is 135 Å². The molecule has 5 nitrogen and oxygen atoms in total. The molecule has 0 bridgehead atoms. The van der Waals surface area contributed by atoms with Crippen LogP contribution in [-0.4, -0.2) is 26.0 Å². The third kappa shape index (κ3) is 3.87. The average molecular weight is 344 g/mol. The van der Waals surface area contributed by atoms with Crippen molar-refractivity contribution >= 4 is 17.5 Å². The standard InChI is InChI=1S/C14H13ClF3N5/c1-7(8-5-6-8)19-13-22-11(21-12(15)23-13)9-3-2-4-10(20-9)14(16,17)18/h2-4,7-8H,5-6H2,1H3,(H,19,21,22,23). The molecule has 2 aromatic rings. The maximum absolute atomic E-state index is 12.8. The zero-order chi connectivity index (χ0) is 16.6. The molecule has 0 amide bonds. The smallest absolute Gasteiger partial charge is 0.351 e. The molecular formula is C14H13ClF3N5. The predicted molar refractivity (Wildman–Crippen MR) is 78.9 cm³/mol. The molecule has 0 spiro atoms. The summed E-state index contributed by atoms with van der Waals surface area (Å²) in [6.07, 6.45) is -2.27. The Kier molecular flexibility index (Phi) is 4.09. The minimum Gasteiger partial charge on any atom is -0.351 e. The van der Waals surface area contributed by atoms with Crippen molar-refractivity contribution in [3.8, 4) is 11.5 Å². The monoisotopic (exact) mass is 343 g/mol. The number of nitrogens with one attached hydrogen (secondary N) is 1. The van der Waals surface area contributed by atoms with Crippen LogP contribution in [0.1, 0.15) is 25.5 Å². The van der Waals surface area contributed by atoms with Gasteiger partial charge in [-0.2, -0.15) is 28.1 Å². The Bertz CT molecular complexity index is 718. The van der Waals surface area contributed by atoms with E-state index in [4.69, 9.17) is 11.6 Å². The highest BCUT2D eigenvalue weighted by molar-refractivity contribution is 6.28. The number of halogens is 4. The van der Waals surface area contributed by atoms with Gasteiger partial charge in [-0.25, -0.2) is 4.98 Å². The molecule has 23 heavy (non-hydrogen) atoms. The van der Waals surface area contributed by atoms with Crippen LogP contribution in [-0.2, 0) is 6.18 Å². The quantitative estimate of drug-likeness (QED) is 0.914. The Hall–Kier alpha value is -1.96. The minimum absolute atomic E-state index is 0.00148. The van der Waals surface area contributed by atoms with Gasteiger partial charge in [0.2, 0.25) is 11.2 Å². The fraction of sp³-hybridized carbons (Fsp3) is 0.429. The molecule has 1 saturated carbocycles. The van der Waals surface area contributed by atoms with E-state index in [1.807, 2.05) is 6.92 Å². The van der Waals surface area contributed by atoms with Crippen LogP contribution in [0.5, 0.6) is 0 Å². The van der Waals surface area contributed by atoms with Crippen LogP contribution in [0.4, 0.5) is 19.1 Å².